The van der Waals surface area contributed by atoms with Crippen LogP contribution in [0, 0.1) is 24.1 Å². The number of nitrogens with zero attached hydrogens (tertiary/aromatic N) is 3. The van der Waals surface area contributed by atoms with E-state index in [2.05, 4.69) is 6.07 Å². The number of ketones is 1. The first-order valence-corrected chi connectivity index (χ1v) is 9.63. The standard InChI is InChI=1S/C23H22FN3O2/c1-13(2)17-10-16(6-5-15(17)12-25)27-8-7-23(29-4)21(28)18-11-19(24)14(3)9-20(18)26-22(23)27/h5-6,9-11,13H,7-8H2,1-4H3/t23-/m1/s1. The maximum Gasteiger partial charge on any atom is 0.204 e. The normalized spacial score (nSPS) is 20.4. The molecule has 2 heterocycles. The van der Waals surface area contributed by atoms with E-state index in [0.717, 1.165) is 11.3 Å². The van der Waals surface area contributed by atoms with Crippen LogP contribution in [0.2, 0.25) is 0 Å². The monoisotopic (exact) mass is 391 g/mol. The molecule has 0 aromatic heterocycles. The van der Waals surface area contributed by atoms with Crippen molar-refractivity contribution < 1.29 is 13.9 Å². The molecule has 1 atom stereocenters. The van der Waals surface area contributed by atoms with Crippen molar-refractivity contribution in [3.8, 4) is 6.07 Å². The van der Waals surface area contributed by atoms with Gasteiger partial charge in [-0.15, -0.1) is 0 Å². The van der Waals surface area contributed by atoms with E-state index in [-0.39, 0.29) is 17.3 Å². The minimum absolute atomic E-state index is 0.181. The number of nitriles is 1. The Bertz CT molecular complexity index is 1100. The number of anilines is 1. The van der Waals surface area contributed by atoms with E-state index in [1.807, 2.05) is 30.9 Å². The molecule has 29 heavy (non-hydrogen) atoms. The van der Waals surface area contributed by atoms with Gasteiger partial charge in [-0.3, -0.25) is 4.79 Å². The molecule has 0 aliphatic carbocycles. The first-order valence-electron chi connectivity index (χ1n) is 9.63. The maximum absolute atomic E-state index is 14.1. The molecule has 5 nitrogen and oxygen atoms in total. The molecule has 2 aliphatic rings. The summed E-state index contributed by atoms with van der Waals surface area (Å²) < 4.78 is 19.8. The molecule has 0 saturated carbocycles. The zero-order valence-electron chi connectivity index (χ0n) is 16.9. The lowest BCUT2D eigenvalue weighted by Gasteiger charge is -2.33. The number of halogens is 1. The van der Waals surface area contributed by atoms with Crippen LogP contribution in [-0.2, 0) is 4.74 Å². The van der Waals surface area contributed by atoms with Gasteiger partial charge >= 0.3 is 0 Å². The second-order valence-electron chi connectivity index (χ2n) is 7.85. The highest BCUT2D eigenvalue weighted by Gasteiger charge is 2.54. The van der Waals surface area contributed by atoms with E-state index >= 15 is 0 Å². The number of benzene rings is 2. The Kier molecular flexibility index (Phi) is 4.51. The summed E-state index contributed by atoms with van der Waals surface area (Å²) in [5.41, 5.74) is 2.38. The summed E-state index contributed by atoms with van der Waals surface area (Å²) in [5.74, 6) is 0.00763. The van der Waals surface area contributed by atoms with Crippen molar-refractivity contribution in [3.05, 3.63) is 58.4 Å². The van der Waals surface area contributed by atoms with Crippen molar-refractivity contribution in [2.24, 2.45) is 4.99 Å². The van der Waals surface area contributed by atoms with E-state index in [0.29, 0.717) is 35.6 Å². The van der Waals surface area contributed by atoms with Crippen molar-refractivity contribution in [3.63, 3.8) is 0 Å². The molecule has 2 aromatic rings. The number of rotatable bonds is 3. The lowest BCUT2D eigenvalue weighted by molar-refractivity contribution is 0.0388. The van der Waals surface area contributed by atoms with Crippen LogP contribution < -0.4 is 4.90 Å². The Balaban J connectivity index is 1.88. The van der Waals surface area contributed by atoms with Gasteiger partial charge in [0.25, 0.3) is 0 Å². The van der Waals surface area contributed by atoms with Gasteiger partial charge < -0.3 is 9.64 Å². The summed E-state index contributed by atoms with van der Waals surface area (Å²) in [6.07, 6.45) is 0.424. The van der Waals surface area contributed by atoms with Crippen molar-refractivity contribution in [2.75, 3.05) is 18.6 Å². The molecule has 1 fully saturated rings. The number of methoxy groups -OCH3 is 1. The molecule has 148 valence electrons. The van der Waals surface area contributed by atoms with Gasteiger partial charge in [-0.2, -0.15) is 5.26 Å². The van der Waals surface area contributed by atoms with Crippen LogP contribution in [0.5, 0.6) is 0 Å². The molecule has 4 rings (SSSR count). The molecule has 6 heteroatoms. The zero-order valence-corrected chi connectivity index (χ0v) is 16.9. The van der Waals surface area contributed by atoms with Gasteiger partial charge in [0.2, 0.25) is 5.78 Å². The predicted molar refractivity (Wildman–Crippen MR) is 110 cm³/mol. The van der Waals surface area contributed by atoms with E-state index < -0.39 is 11.4 Å². The van der Waals surface area contributed by atoms with Crippen LogP contribution in [-0.4, -0.2) is 30.9 Å². The highest BCUT2D eigenvalue weighted by molar-refractivity contribution is 6.28. The average Bonchev–Trinajstić information content (AvgIpc) is 3.09. The topological polar surface area (TPSA) is 65.7 Å². The van der Waals surface area contributed by atoms with Crippen LogP contribution in [0.4, 0.5) is 15.8 Å². The molecule has 0 radical (unpaired) electrons. The van der Waals surface area contributed by atoms with E-state index in [1.165, 1.54) is 13.2 Å². The van der Waals surface area contributed by atoms with Gasteiger partial charge in [0.15, 0.2) is 5.60 Å². The lowest BCUT2D eigenvalue weighted by atomic mass is 9.86. The molecule has 0 bridgehead atoms. The quantitative estimate of drug-likeness (QED) is 0.764. The third-order valence-electron chi connectivity index (χ3n) is 5.86. The van der Waals surface area contributed by atoms with Crippen molar-refractivity contribution in [2.45, 2.75) is 38.7 Å². The maximum atomic E-state index is 14.1. The summed E-state index contributed by atoms with van der Waals surface area (Å²) in [6.45, 7) is 6.27. The highest BCUT2D eigenvalue weighted by Crippen LogP contribution is 2.42. The predicted octanol–water partition coefficient (Wildman–Crippen LogP) is 4.65. The zero-order chi connectivity index (χ0) is 20.9. The van der Waals surface area contributed by atoms with Gasteiger partial charge in [0.1, 0.15) is 11.7 Å². The summed E-state index contributed by atoms with van der Waals surface area (Å²) in [6, 6.07) is 10.7. The summed E-state index contributed by atoms with van der Waals surface area (Å²) in [7, 11) is 1.49. The lowest BCUT2D eigenvalue weighted by Crippen LogP contribution is -2.50. The fourth-order valence-electron chi connectivity index (χ4n) is 4.18. The summed E-state index contributed by atoms with van der Waals surface area (Å²) in [5, 5.41) is 9.40. The number of ether oxygens (including phenoxy) is 1. The molecule has 0 amide bonds. The number of hydrogen-bond acceptors (Lipinski definition) is 5. The molecule has 0 N–H and O–H groups in total. The van der Waals surface area contributed by atoms with Crippen LogP contribution in [0.25, 0.3) is 0 Å². The number of hydrogen-bond donors (Lipinski definition) is 0. The number of aliphatic imine (C=N–C) groups is 1. The van der Waals surface area contributed by atoms with E-state index in [4.69, 9.17) is 9.73 Å². The Hall–Kier alpha value is -3.04. The first-order chi connectivity index (χ1) is 13.8. The molecular formula is C23H22FN3O2. The molecule has 0 spiro atoms. The number of aryl methyl sites for hydroxylation is 1. The van der Waals surface area contributed by atoms with Gasteiger partial charge in [-0.1, -0.05) is 13.8 Å². The second kappa shape index (κ2) is 6.78. The fraction of sp³-hybridized carbons (Fsp3) is 0.348. The second-order valence-corrected chi connectivity index (χ2v) is 7.85. The van der Waals surface area contributed by atoms with Crippen molar-refractivity contribution in [1.82, 2.24) is 0 Å². The number of fused-ring (bicyclic) bond motifs is 2. The third kappa shape index (κ3) is 2.77. The minimum atomic E-state index is -1.22. The summed E-state index contributed by atoms with van der Waals surface area (Å²) in [4.78, 5) is 20.0. The summed E-state index contributed by atoms with van der Waals surface area (Å²) >= 11 is 0. The number of Topliss-reactive ketones (excluding diaryl/α,β-unsaturated/α-hetero) is 1. The van der Waals surface area contributed by atoms with E-state index in [9.17, 15) is 14.4 Å². The first kappa shape index (κ1) is 19.3. The van der Waals surface area contributed by atoms with Crippen LogP contribution in [0.1, 0.15) is 53.2 Å². The molecular weight excluding hydrogens is 369 g/mol. The molecule has 2 aromatic carbocycles. The Morgan fingerprint density at radius 3 is 2.72 bits per heavy atom. The fourth-order valence-corrected chi connectivity index (χ4v) is 4.18. The van der Waals surface area contributed by atoms with Crippen LogP contribution in [0.3, 0.4) is 0 Å². The average molecular weight is 391 g/mol. The molecule has 0 unspecified atom stereocenters. The Morgan fingerprint density at radius 1 is 1.31 bits per heavy atom. The Labute approximate surface area is 169 Å². The van der Waals surface area contributed by atoms with Crippen molar-refractivity contribution in [1.29, 1.82) is 5.26 Å². The van der Waals surface area contributed by atoms with Gasteiger partial charge in [-0.05, 0) is 54.3 Å². The van der Waals surface area contributed by atoms with Crippen LogP contribution >= 0.6 is 0 Å². The minimum Gasteiger partial charge on any atom is -0.362 e. The number of carbonyl (C=O) groups excluding carboxylic acids is 1. The highest BCUT2D eigenvalue weighted by atomic mass is 19.1. The van der Waals surface area contributed by atoms with Gasteiger partial charge in [-0.25, -0.2) is 9.38 Å². The number of carbonyl (C=O) groups is 1. The van der Waals surface area contributed by atoms with Crippen LogP contribution in [0.15, 0.2) is 35.3 Å². The van der Waals surface area contributed by atoms with E-state index in [1.54, 1.807) is 19.1 Å². The third-order valence-corrected chi connectivity index (χ3v) is 5.86. The smallest absolute Gasteiger partial charge is 0.204 e. The van der Waals surface area contributed by atoms with Gasteiger partial charge in [0, 0.05) is 31.3 Å². The van der Waals surface area contributed by atoms with Gasteiger partial charge in [0.05, 0.1) is 17.3 Å². The van der Waals surface area contributed by atoms with Crippen molar-refractivity contribution >= 4 is 23.0 Å². The molecule has 1 saturated heterocycles. The largest absolute Gasteiger partial charge is 0.362 e. The SMILES string of the molecule is CO[C@@]12CCN(c3ccc(C#N)c(C(C)C)c3)C1=Nc1cc(C)c(F)cc1C2=O. The Morgan fingerprint density at radius 2 is 2.07 bits per heavy atom. The number of amidine groups is 1. The molecule has 2 aliphatic heterocycles.